The molecule has 108 valence electrons. The molecule has 0 saturated heterocycles. The summed E-state index contributed by atoms with van der Waals surface area (Å²) in [6.45, 7) is 12.1. The van der Waals surface area contributed by atoms with Crippen molar-refractivity contribution in [2.75, 3.05) is 0 Å². The van der Waals surface area contributed by atoms with Gasteiger partial charge in [0.1, 0.15) is 5.60 Å². The number of hydrogen-bond donors (Lipinski definition) is 1. The lowest BCUT2D eigenvalue weighted by Crippen LogP contribution is -2.47. The van der Waals surface area contributed by atoms with Crippen LogP contribution in [0.4, 0.5) is 4.79 Å². The molecule has 1 N–H and O–H groups in total. The van der Waals surface area contributed by atoms with Gasteiger partial charge in [0, 0.05) is 5.54 Å². The fraction of sp³-hybridized carbons (Fsp3) is 0.933. The summed E-state index contributed by atoms with van der Waals surface area (Å²) in [4.78, 5) is 11.8. The predicted octanol–water partition coefficient (Wildman–Crippen LogP) is 4.65. The predicted molar refractivity (Wildman–Crippen MR) is 76.8 cm³/mol. The molecule has 0 heterocycles. The molecular weight excluding hydrogens is 226 g/mol. The van der Waals surface area contributed by atoms with E-state index in [9.17, 15) is 4.79 Å². The van der Waals surface area contributed by atoms with Gasteiger partial charge in [-0.15, -0.1) is 0 Å². The summed E-state index contributed by atoms with van der Waals surface area (Å²) in [6.07, 6.45) is 6.37. The monoisotopic (exact) mass is 257 g/mol. The lowest BCUT2D eigenvalue weighted by molar-refractivity contribution is 0.0450. The molecule has 0 spiro atoms. The number of rotatable bonds is 7. The Hall–Kier alpha value is -0.730. The molecule has 0 aromatic heterocycles. The molecule has 0 aromatic rings. The molecule has 0 bridgehead atoms. The second-order valence-electron chi connectivity index (χ2n) is 6.39. The summed E-state index contributed by atoms with van der Waals surface area (Å²) in [5, 5.41) is 3.05. The van der Waals surface area contributed by atoms with Crippen LogP contribution in [-0.4, -0.2) is 17.2 Å². The van der Waals surface area contributed by atoms with Crippen LogP contribution in [0.25, 0.3) is 0 Å². The lowest BCUT2D eigenvalue weighted by Gasteiger charge is -2.32. The second kappa shape index (κ2) is 7.65. The largest absolute Gasteiger partial charge is 0.444 e. The molecule has 0 aliphatic carbocycles. The van der Waals surface area contributed by atoms with Gasteiger partial charge in [-0.2, -0.15) is 0 Å². The van der Waals surface area contributed by atoms with Crippen LogP contribution in [0.2, 0.25) is 0 Å². The van der Waals surface area contributed by atoms with Crippen LogP contribution in [-0.2, 0) is 4.74 Å². The van der Waals surface area contributed by atoms with Crippen molar-refractivity contribution in [1.82, 2.24) is 5.32 Å². The van der Waals surface area contributed by atoms with Crippen LogP contribution in [0.5, 0.6) is 0 Å². The van der Waals surface area contributed by atoms with Crippen molar-refractivity contribution in [2.45, 2.75) is 91.2 Å². The summed E-state index contributed by atoms with van der Waals surface area (Å²) in [7, 11) is 0. The fourth-order valence-electron chi connectivity index (χ4n) is 2.12. The van der Waals surface area contributed by atoms with E-state index in [0.29, 0.717) is 0 Å². The van der Waals surface area contributed by atoms with Crippen LogP contribution < -0.4 is 5.32 Å². The summed E-state index contributed by atoms with van der Waals surface area (Å²) in [5.74, 6) is 0. The Morgan fingerprint density at radius 1 is 1.00 bits per heavy atom. The van der Waals surface area contributed by atoms with E-state index in [1.807, 2.05) is 20.8 Å². The zero-order valence-electron chi connectivity index (χ0n) is 13.1. The highest BCUT2D eigenvalue weighted by molar-refractivity contribution is 5.68. The van der Waals surface area contributed by atoms with Crippen LogP contribution in [0.15, 0.2) is 0 Å². The van der Waals surface area contributed by atoms with Crippen LogP contribution >= 0.6 is 0 Å². The molecule has 0 radical (unpaired) electrons. The van der Waals surface area contributed by atoms with Gasteiger partial charge < -0.3 is 10.1 Å². The Morgan fingerprint density at radius 3 is 2.06 bits per heavy atom. The molecule has 0 aliphatic rings. The molecule has 0 aromatic carbocycles. The van der Waals surface area contributed by atoms with Gasteiger partial charge in [-0.25, -0.2) is 4.79 Å². The third-order valence-electron chi connectivity index (χ3n) is 2.94. The Balaban J connectivity index is 4.35. The maximum Gasteiger partial charge on any atom is 0.408 e. The molecule has 0 aliphatic heterocycles. The molecular formula is C15H31NO2. The second-order valence-corrected chi connectivity index (χ2v) is 6.39. The van der Waals surface area contributed by atoms with E-state index >= 15 is 0 Å². The maximum absolute atomic E-state index is 11.8. The average Bonchev–Trinajstić information content (AvgIpc) is 2.14. The van der Waals surface area contributed by atoms with Gasteiger partial charge in [-0.3, -0.25) is 0 Å². The van der Waals surface area contributed by atoms with Gasteiger partial charge in [-0.1, -0.05) is 39.5 Å². The van der Waals surface area contributed by atoms with E-state index in [1.54, 1.807) is 0 Å². The van der Waals surface area contributed by atoms with Crippen molar-refractivity contribution in [2.24, 2.45) is 0 Å². The Kier molecular flexibility index (Phi) is 7.34. The number of nitrogens with one attached hydrogen (secondary N) is 1. The van der Waals surface area contributed by atoms with E-state index in [2.05, 4.69) is 26.1 Å². The van der Waals surface area contributed by atoms with Gasteiger partial charge in [0.2, 0.25) is 0 Å². The van der Waals surface area contributed by atoms with E-state index in [1.165, 1.54) is 12.8 Å². The quantitative estimate of drug-likeness (QED) is 0.674. The van der Waals surface area contributed by atoms with Crippen LogP contribution in [0.1, 0.15) is 80.1 Å². The van der Waals surface area contributed by atoms with E-state index < -0.39 is 5.60 Å². The SMILES string of the molecule is CCCCCC(C)(CCC)NC(=O)OC(C)(C)C. The van der Waals surface area contributed by atoms with Crippen molar-refractivity contribution in [3.63, 3.8) is 0 Å². The van der Waals surface area contributed by atoms with Crippen molar-refractivity contribution in [1.29, 1.82) is 0 Å². The maximum atomic E-state index is 11.8. The lowest BCUT2D eigenvalue weighted by atomic mass is 9.90. The minimum Gasteiger partial charge on any atom is -0.444 e. The van der Waals surface area contributed by atoms with Crippen molar-refractivity contribution >= 4 is 6.09 Å². The standard InChI is InChI=1S/C15H31NO2/c1-7-9-10-12-15(6,11-8-2)16-13(17)18-14(3,4)5/h7-12H2,1-6H3,(H,16,17). The number of alkyl carbamates (subject to hydrolysis) is 1. The third kappa shape index (κ3) is 8.37. The van der Waals surface area contributed by atoms with E-state index in [-0.39, 0.29) is 11.6 Å². The van der Waals surface area contributed by atoms with Gasteiger partial charge in [-0.05, 0) is 40.5 Å². The summed E-state index contributed by atoms with van der Waals surface area (Å²) in [5.41, 5.74) is -0.563. The zero-order valence-corrected chi connectivity index (χ0v) is 13.1. The summed E-state index contributed by atoms with van der Waals surface area (Å²) >= 11 is 0. The molecule has 18 heavy (non-hydrogen) atoms. The number of unbranched alkanes of at least 4 members (excludes halogenated alkanes) is 2. The molecule has 0 fully saturated rings. The van der Waals surface area contributed by atoms with Gasteiger partial charge in [0.25, 0.3) is 0 Å². The molecule has 1 atom stereocenters. The van der Waals surface area contributed by atoms with Gasteiger partial charge in [0.05, 0.1) is 0 Å². The van der Waals surface area contributed by atoms with E-state index in [0.717, 1.165) is 25.7 Å². The van der Waals surface area contributed by atoms with Crippen molar-refractivity contribution < 1.29 is 9.53 Å². The summed E-state index contributed by atoms with van der Waals surface area (Å²) in [6, 6.07) is 0. The molecule has 1 unspecified atom stereocenters. The van der Waals surface area contributed by atoms with Gasteiger partial charge >= 0.3 is 6.09 Å². The minimum atomic E-state index is -0.430. The number of amides is 1. The Bertz CT molecular complexity index is 245. The van der Waals surface area contributed by atoms with Crippen LogP contribution in [0.3, 0.4) is 0 Å². The highest BCUT2D eigenvalue weighted by Crippen LogP contribution is 2.21. The Labute approximate surface area is 113 Å². The first-order valence-electron chi connectivity index (χ1n) is 7.23. The normalized spacial score (nSPS) is 15.0. The number of carbonyl (C=O) groups excluding carboxylic acids is 1. The van der Waals surface area contributed by atoms with Crippen molar-refractivity contribution in [3.05, 3.63) is 0 Å². The van der Waals surface area contributed by atoms with Gasteiger partial charge in [0.15, 0.2) is 0 Å². The smallest absolute Gasteiger partial charge is 0.408 e. The first kappa shape index (κ1) is 17.3. The molecule has 3 nitrogen and oxygen atoms in total. The molecule has 0 saturated carbocycles. The number of hydrogen-bond acceptors (Lipinski definition) is 2. The third-order valence-corrected chi connectivity index (χ3v) is 2.94. The topological polar surface area (TPSA) is 38.3 Å². The zero-order chi connectivity index (χ0) is 14.2. The fourth-order valence-corrected chi connectivity index (χ4v) is 2.12. The minimum absolute atomic E-state index is 0.133. The van der Waals surface area contributed by atoms with E-state index in [4.69, 9.17) is 4.74 Å². The highest BCUT2D eigenvalue weighted by Gasteiger charge is 2.27. The molecule has 3 heteroatoms. The highest BCUT2D eigenvalue weighted by atomic mass is 16.6. The molecule has 1 amide bonds. The first-order chi connectivity index (χ1) is 8.22. The first-order valence-corrected chi connectivity index (χ1v) is 7.23. The Morgan fingerprint density at radius 2 is 1.61 bits per heavy atom. The summed E-state index contributed by atoms with van der Waals surface area (Å²) < 4.78 is 5.34. The van der Waals surface area contributed by atoms with Crippen molar-refractivity contribution in [3.8, 4) is 0 Å². The average molecular weight is 257 g/mol. The number of ether oxygens (including phenoxy) is 1. The van der Waals surface area contributed by atoms with Crippen LogP contribution in [0, 0.1) is 0 Å². The molecule has 0 rings (SSSR count). The number of carbonyl (C=O) groups is 1.